The largest absolute Gasteiger partial charge is 0.457 e. The zero-order chi connectivity index (χ0) is 12.3. The van der Waals surface area contributed by atoms with Crippen molar-refractivity contribution in [3.8, 4) is 11.5 Å². The Hall–Kier alpha value is -2.23. The van der Waals surface area contributed by atoms with Gasteiger partial charge in [0.2, 0.25) is 0 Å². The summed E-state index contributed by atoms with van der Waals surface area (Å²) in [6.07, 6.45) is 0.383. The summed E-state index contributed by atoms with van der Waals surface area (Å²) in [5, 5.41) is 0. The van der Waals surface area contributed by atoms with Crippen molar-refractivity contribution in [3.63, 3.8) is 0 Å². The van der Waals surface area contributed by atoms with Crippen LogP contribution in [-0.4, -0.2) is 6.29 Å². The summed E-state index contributed by atoms with van der Waals surface area (Å²) in [6.45, 7) is 0. The second kappa shape index (κ2) is 4.74. The Morgan fingerprint density at radius 2 is 1.71 bits per heavy atom. The normalized spacial score (nSPS) is 10.0. The first-order valence-corrected chi connectivity index (χ1v) is 4.88. The number of aldehydes is 1. The molecule has 86 valence electrons. The van der Waals surface area contributed by atoms with Crippen LogP contribution in [0, 0.1) is 11.6 Å². The second-order valence-corrected chi connectivity index (χ2v) is 3.33. The number of carbonyl (C=O) groups is 1. The van der Waals surface area contributed by atoms with Crippen molar-refractivity contribution in [2.45, 2.75) is 0 Å². The van der Waals surface area contributed by atoms with Gasteiger partial charge in [-0.1, -0.05) is 6.07 Å². The van der Waals surface area contributed by atoms with Crippen LogP contribution in [0.3, 0.4) is 0 Å². The van der Waals surface area contributed by atoms with Crippen molar-refractivity contribution < 1.29 is 18.3 Å². The topological polar surface area (TPSA) is 26.3 Å². The Morgan fingerprint density at radius 3 is 2.35 bits per heavy atom. The number of rotatable bonds is 3. The highest BCUT2D eigenvalue weighted by Gasteiger charge is 2.09. The monoisotopic (exact) mass is 234 g/mol. The fraction of sp³-hybridized carbons (Fsp3) is 0. The first kappa shape index (κ1) is 11.3. The predicted octanol–water partition coefficient (Wildman–Crippen LogP) is 3.57. The molecular weight excluding hydrogens is 226 g/mol. The van der Waals surface area contributed by atoms with Gasteiger partial charge >= 0.3 is 0 Å². The van der Waals surface area contributed by atoms with Crippen molar-refractivity contribution in [3.05, 3.63) is 59.7 Å². The maximum absolute atomic E-state index is 13.2. The SMILES string of the molecule is O=Cc1c(F)cccc1Oc1ccc(F)cc1. The second-order valence-electron chi connectivity index (χ2n) is 3.33. The fourth-order valence-corrected chi connectivity index (χ4v) is 1.35. The van der Waals surface area contributed by atoms with Crippen LogP contribution in [0.25, 0.3) is 0 Å². The molecule has 0 aromatic heterocycles. The van der Waals surface area contributed by atoms with E-state index >= 15 is 0 Å². The molecule has 0 saturated carbocycles. The molecule has 0 heterocycles. The highest BCUT2D eigenvalue weighted by Crippen LogP contribution is 2.25. The highest BCUT2D eigenvalue weighted by molar-refractivity contribution is 5.79. The van der Waals surface area contributed by atoms with Gasteiger partial charge in [0.15, 0.2) is 6.29 Å². The Labute approximate surface area is 96.5 Å². The summed E-state index contributed by atoms with van der Waals surface area (Å²) in [5.41, 5.74) is -0.156. The number of hydrogen-bond donors (Lipinski definition) is 0. The minimum atomic E-state index is -0.653. The molecule has 0 aliphatic rings. The summed E-state index contributed by atoms with van der Waals surface area (Å²) in [7, 11) is 0. The predicted molar refractivity (Wildman–Crippen MR) is 58.3 cm³/mol. The standard InChI is InChI=1S/C13H8F2O2/c14-9-4-6-10(7-5-9)17-13-3-1-2-12(15)11(13)8-16/h1-8H. The summed E-state index contributed by atoms with van der Waals surface area (Å²) in [6, 6.07) is 9.30. The molecule has 2 nitrogen and oxygen atoms in total. The van der Waals surface area contributed by atoms with Crippen LogP contribution in [0.5, 0.6) is 11.5 Å². The average Bonchev–Trinajstić information content (AvgIpc) is 2.32. The maximum Gasteiger partial charge on any atom is 0.156 e. The third-order valence-corrected chi connectivity index (χ3v) is 2.17. The molecule has 0 N–H and O–H groups in total. The van der Waals surface area contributed by atoms with Crippen LogP contribution < -0.4 is 4.74 Å². The van der Waals surface area contributed by atoms with Gasteiger partial charge in [-0.25, -0.2) is 8.78 Å². The van der Waals surface area contributed by atoms with Crippen molar-refractivity contribution >= 4 is 6.29 Å². The van der Waals surface area contributed by atoms with Gasteiger partial charge in [0.25, 0.3) is 0 Å². The Morgan fingerprint density at radius 1 is 1.00 bits per heavy atom. The molecule has 2 rings (SSSR count). The van der Waals surface area contributed by atoms with E-state index in [0.29, 0.717) is 12.0 Å². The summed E-state index contributed by atoms with van der Waals surface area (Å²) in [4.78, 5) is 10.7. The van der Waals surface area contributed by atoms with E-state index in [4.69, 9.17) is 4.74 Å². The molecule has 0 saturated heterocycles. The van der Waals surface area contributed by atoms with Gasteiger partial charge in [0.1, 0.15) is 23.1 Å². The van der Waals surface area contributed by atoms with E-state index in [1.807, 2.05) is 0 Å². The van der Waals surface area contributed by atoms with E-state index in [1.54, 1.807) is 0 Å². The van der Waals surface area contributed by atoms with Gasteiger partial charge in [-0.15, -0.1) is 0 Å². The van der Waals surface area contributed by atoms with E-state index in [-0.39, 0.29) is 11.3 Å². The van der Waals surface area contributed by atoms with Crippen LogP contribution in [0.4, 0.5) is 8.78 Å². The lowest BCUT2D eigenvalue weighted by Crippen LogP contribution is -1.93. The number of hydrogen-bond acceptors (Lipinski definition) is 2. The molecule has 4 heteroatoms. The lowest BCUT2D eigenvalue weighted by molar-refractivity contribution is 0.111. The summed E-state index contributed by atoms with van der Waals surface area (Å²) >= 11 is 0. The van der Waals surface area contributed by atoms with E-state index in [2.05, 4.69) is 0 Å². The fourth-order valence-electron chi connectivity index (χ4n) is 1.35. The van der Waals surface area contributed by atoms with Crippen molar-refractivity contribution in [1.29, 1.82) is 0 Å². The van der Waals surface area contributed by atoms with Crippen LogP contribution in [0.2, 0.25) is 0 Å². The molecular formula is C13H8F2O2. The van der Waals surface area contributed by atoms with E-state index in [0.717, 1.165) is 0 Å². The number of ether oxygens (including phenoxy) is 1. The molecule has 0 spiro atoms. The Balaban J connectivity index is 2.33. The van der Waals surface area contributed by atoms with E-state index < -0.39 is 11.6 Å². The zero-order valence-corrected chi connectivity index (χ0v) is 8.69. The quantitative estimate of drug-likeness (QED) is 0.759. The van der Waals surface area contributed by atoms with E-state index in [9.17, 15) is 13.6 Å². The molecule has 0 radical (unpaired) electrons. The smallest absolute Gasteiger partial charge is 0.156 e. The van der Waals surface area contributed by atoms with Crippen LogP contribution in [0.1, 0.15) is 10.4 Å². The zero-order valence-electron chi connectivity index (χ0n) is 8.69. The minimum absolute atomic E-state index is 0.103. The third kappa shape index (κ3) is 2.47. The van der Waals surface area contributed by atoms with Gasteiger partial charge in [-0.05, 0) is 36.4 Å². The lowest BCUT2D eigenvalue weighted by Gasteiger charge is -2.08. The molecule has 0 bridgehead atoms. The molecule has 0 amide bonds. The Kier molecular flexibility index (Phi) is 3.14. The molecule has 0 atom stereocenters. The van der Waals surface area contributed by atoms with Gasteiger partial charge in [0.05, 0.1) is 5.56 Å². The van der Waals surface area contributed by atoms with Gasteiger partial charge in [0, 0.05) is 0 Å². The van der Waals surface area contributed by atoms with Crippen molar-refractivity contribution in [1.82, 2.24) is 0 Å². The molecule has 0 unspecified atom stereocenters. The summed E-state index contributed by atoms with van der Waals surface area (Å²) in [5.74, 6) is -0.612. The minimum Gasteiger partial charge on any atom is -0.457 e. The van der Waals surface area contributed by atoms with Crippen LogP contribution in [-0.2, 0) is 0 Å². The lowest BCUT2D eigenvalue weighted by atomic mass is 10.2. The molecule has 0 fully saturated rings. The summed E-state index contributed by atoms with van der Waals surface area (Å²) < 4.78 is 31.2. The van der Waals surface area contributed by atoms with E-state index in [1.165, 1.54) is 42.5 Å². The average molecular weight is 234 g/mol. The molecule has 0 aliphatic carbocycles. The molecule has 17 heavy (non-hydrogen) atoms. The molecule has 2 aromatic rings. The molecule has 2 aromatic carbocycles. The number of benzene rings is 2. The van der Waals surface area contributed by atoms with Crippen molar-refractivity contribution in [2.24, 2.45) is 0 Å². The molecule has 0 aliphatic heterocycles. The Bertz CT molecular complexity index is 536. The first-order chi connectivity index (χ1) is 8.20. The van der Waals surface area contributed by atoms with Gasteiger partial charge in [-0.2, -0.15) is 0 Å². The van der Waals surface area contributed by atoms with Crippen LogP contribution >= 0.6 is 0 Å². The first-order valence-electron chi connectivity index (χ1n) is 4.88. The van der Waals surface area contributed by atoms with Gasteiger partial charge < -0.3 is 4.74 Å². The number of halogens is 2. The number of carbonyl (C=O) groups excluding carboxylic acids is 1. The maximum atomic E-state index is 13.2. The highest BCUT2D eigenvalue weighted by atomic mass is 19.1. The van der Waals surface area contributed by atoms with Gasteiger partial charge in [-0.3, -0.25) is 4.79 Å². The third-order valence-electron chi connectivity index (χ3n) is 2.17. The van der Waals surface area contributed by atoms with Crippen molar-refractivity contribution in [2.75, 3.05) is 0 Å². The van der Waals surface area contributed by atoms with Crippen LogP contribution in [0.15, 0.2) is 42.5 Å².